The van der Waals surface area contributed by atoms with E-state index in [1.807, 2.05) is 6.92 Å². The molecule has 2 heterocycles. The summed E-state index contributed by atoms with van der Waals surface area (Å²) in [7, 11) is 1.69. The summed E-state index contributed by atoms with van der Waals surface area (Å²) >= 11 is 0. The second-order valence-electron chi connectivity index (χ2n) is 9.24. The van der Waals surface area contributed by atoms with Gasteiger partial charge in [0.25, 0.3) is 0 Å². The molecule has 2 aromatic heterocycles. The summed E-state index contributed by atoms with van der Waals surface area (Å²) in [4.78, 5) is 4.51. The van der Waals surface area contributed by atoms with E-state index in [9.17, 15) is 13.5 Å². The molecule has 0 saturated carbocycles. The molecule has 224 valence electrons. The van der Waals surface area contributed by atoms with Crippen molar-refractivity contribution in [2.45, 2.75) is 31.6 Å². The second-order valence-corrected chi connectivity index (χ2v) is 11.5. The number of nitrogens with zero attached hydrogens (tertiary/aromatic N) is 5. The Kier molecular flexibility index (Phi) is 9.53. The topological polar surface area (TPSA) is 138 Å². The van der Waals surface area contributed by atoms with Gasteiger partial charge in [0, 0.05) is 18.2 Å². The van der Waals surface area contributed by atoms with E-state index in [0.29, 0.717) is 46.5 Å². The zero-order valence-electron chi connectivity index (χ0n) is 24.4. The fourth-order valence-corrected chi connectivity index (χ4v) is 6.24. The molecular weight excluding hydrogens is 562 g/mol. The Balaban J connectivity index is 1.96. The van der Waals surface area contributed by atoms with Gasteiger partial charge in [-0.15, -0.1) is 10.2 Å². The maximum absolute atomic E-state index is 14.3. The van der Waals surface area contributed by atoms with E-state index in [4.69, 9.17) is 18.9 Å². The minimum atomic E-state index is -4.26. The number of hydrogen-bond acceptors (Lipinski definition) is 10. The zero-order valence-corrected chi connectivity index (χ0v) is 25.2. The third-order valence-corrected chi connectivity index (χ3v) is 8.92. The number of hydrogen-bond donors (Lipinski definition) is 1. The molecule has 0 spiro atoms. The van der Waals surface area contributed by atoms with Crippen LogP contribution in [-0.2, 0) is 10.0 Å². The molecule has 0 saturated heterocycles. The van der Waals surface area contributed by atoms with Crippen LogP contribution in [-0.4, -0.2) is 73.5 Å². The van der Waals surface area contributed by atoms with Gasteiger partial charge >= 0.3 is 0 Å². The normalized spacial score (nSPS) is 12.8. The van der Waals surface area contributed by atoms with Gasteiger partial charge in [0.05, 0.1) is 28.4 Å². The Morgan fingerprint density at radius 1 is 0.857 bits per heavy atom. The largest absolute Gasteiger partial charge is 0.496 e. The Hall–Kier alpha value is -4.36. The average Bonchev–Trinajstić information content (AvgIpc) is 3.46. The van der Waals surface area contributed by atoms with Crippen molar-refractivity contribution < 1.29 is 32.5 Å². The van der Waals surface area contributed by atoms with E-state index in [1.54, 1.807) is 60.7 Å². The van der Waals surface area contributed by atoms with Crippen LogP contribution in [0.15, 0.2) is 60.7 Å². The summed E-state index contributed by atoms with van der Waals surface area (Å²) in [5.41, 5.74) is 1.09. The number of rotatable bonds is 13. The third-order valence-electron chi connectivity index (χ3n) is 6.76. The molecule has 12 nitrogen and oxygen atoms in total. The number of para-hydroxylation sites is 2. The van der Waals surface area contributed by atoms with Crippen LogP contribution in [0.1, 0.15) is 31.9 Å². The second kappa shape index (κ2) is 13.1. The Morgan fingerprint density at radius 3 is 2.10 bits per heavy atom. The third kappa shape index (κ3) is 5.70. The highest BCUT2D eigenvalue weighted by atomic mass is 32.2. The van der Waals surface area contributed by atoms with E-state index in [-0.39, 0.29) is 18.3 Å². The molecule has 42 heavy (non-hydrogen) atoms. The van der Waals surface area contributed by atoms with Crippen LogP contribution in [0.4, 0.5) is 5.95 Å². The Labute approximate surface area is 245 Å². The first kappa shape index (κ1) is 30.6. The Bertz CT molecular complexity index is 1600. The van der Waals surface area contributed by atoms with Crippen molar-refractivity contribution in [3.8, 4) is 40.3 Å². The lowest BCUT2D eigenvalue weighted by molar-refractivity contribution is 0.171. The SMILES string of the molecule is CCCN(c1nnc(-c2cccc(OC)n2)n1-c1c(OC)cccc1OC)S(=O)(=O)[C@@H](C)[C@H](O)c1ccccc1OC. The predicted octanol–water partition coefficient (Wildman–Crippen LogP) is 4.03. The molecule has 0 aliphatic rings. The molecule has 0 radical (unpaired) electrons. The molecule has 2 atom stereocenters. The molecule has 0 fully saturated rings. The fourth-order valence-electron chi connectivity index (χ4n) is 4.59. The summed E-state index contributed by atoms with van der Waals surface area (Å²) in [6.07, 6.45) is -0.957. The van der Waals surface area contributed by atoms with Gasteiger partial charge in [-0.1, -0.05) is 37.3 Å². The molecule has 13 heteroatoms. The highest BCUT2D eigenvalue weighted by molar-refractivity contribution is 7.93. The first-order valence-electron chi connectivity index (χ1n) is 13.2. The molecule has 0 aliphatic carbocycles. The van der Waals surface area contributed by atoms with Crippen LogP contribution < -0.4 is 23.3 Å². The van der Waals surface area contributed by atoms with Crippen molar-refractivity contribution in [3.05, 3.63) is 66.2 Å². The number of aliphatic hydroxyl groups excluding tert-OH is 1. The van der Waals surface area contributed by atoms with Crippen molar-refractivity contribution in [3.63, 3.8) is 0 Å². The number of sulfonamides is 1. The summed E-state index contributed by atoms with van der Waals surface area (Å²) < 4.78 is 53.4. The van der Waals surface area contributed by atoms with Crippen molar-refractivity contribution in [2.24, 2.45) is 0 Å². The van der Waals surface area contributed by atoms with Gasteiger partial charge in [0.15, 0.2) is 5.82 Å². The van der Waals surface area contributed by atoms with Crippen molar-refractivity contribution in [1.82, 2.24) is 19.7 Å². The van der Waals surface area contributed by atoms with E-state index in [0.717, 1.165) is 4.31 Å². The van der Waals surface area contributed by atoms with Gasteiger partial charge in [-0.25, -0.2) is 17.7 Å². The molecule has 0 aliphatic heterocycles. The number of aliphatic hydroxyl groups is 1. The number of anilines is 1. The summed E-state index contributed by atoms with van der Waals surface area (Å²) in [6.45, 7) is 3.34. The van der Waals surface area contributed by atoms with E-state index in [1.165, 1.54) is 39.9 Å². The standard InChI is InChI=1S/C29H35N5O7S/c1-7-18-33(42(36,37)19(2)27(35)20-12-8-9-14-22(20)38-3)29-32-31-28(21-13-10-17-25(30-21)41-6)34(29)26-23(39-4)15-11-16-24(26)40-5/h8-17,19,27,35H,7,18H2,1-6H3/t19-,27-/m0/s1. The van der Waals surface area contributed by atoms with E-state index < -0.39 is 21.4 Å². The first-order chi connectivity index (χ1) is 20.2. The van der Waals surface area contributed by atoms with Gasteiger partial charge < -0.3 is 24.1 Å². The molecule has 4 aromatic rings. The predicted molar refractivity (Wildman–Crippen MR) is 158 cm³/mol. The van der Waals surface area contributed by atoms with Gasteiger partial charge in [-0.2, -0.15) is 0 Å². The number of aromatic nitrogens is 4. The monoisotopic (exact) mass is 597 g/mol. The highest BCUT2D eigenvalue weighted by Crippen LogP contribution is 2.40. The molecule has 4 rings (SSSR count). The van der Waals surface area contributed by atoms with Crippen molar-refractivity contribution >= 4 is 16.0 Å². The molecule has 0 unspecified atom stereocenters. The lowest BCUT2D eigenvalue weighted by Crippen LogP contribution is -2.42. The minimum absolute atomic E-state index is 0.0293. The van der Waals surface area contributed by atoms with Crippen LogP contribution in [0.25, 0.3) is 17.2 Å². The zero-order chi connectivity index (χ0) is 30.4. The summed E-state index contributed by atoms with van der Waals surface area (Å²) in [6, 6.07) is 17.1. The van der Waals surface area contributed by atoms with E-state index >= 15 is 0 Å². The molecule has 0 bridgehead atoms. The lowest BCUT2D eigenvalue weighted by atomic mass is 10.1. The first-order valence-corrected chi connectivity index (χ1v) is 14.7. The smallest absolute Gasteiger partial charge is 0.246 e. The van der Waals surface area contributed by atoms with Gasteiger partial charge in [0.2, 0.25) is 21.9 Å². The van der Waals surface area contributed by atoms with Gasteiger partial charge in [-0.3, -0.25) is 4.57 Å². The Morgan fingerprint density at radius 2 is 1.48 bits per heavy atom. The minimum Gasteiger partial charge on any atom is -0.496 e. The lowest BCUT2D eigenvalue weighted by Gasteiger charge is -2.30. The van der Waals surface area contributed by atoms with Crippen LogP contribution in [0.5, 0.6) is 23.1 Å². The highest BCUT2D eigenvalue weighted by Gasteiger charge is 2.39. The number of methoxy groups -OCH3 is 4. The fraction of sp³-hybridized carbons (Fsp3) is 0.345. The van der Waals surface area contributed by atoms with Crippen LogP contribution in [0.3, 0.4) is 0 Å². The average molecular weight is 598 g/mol. The van der Waals surface area contributed by atoms with Gasteiger partial charge in [0.1, 0.15) is 40.0 Å². The van der Waals surface area contributed by atoms with Crippen molar-refractivity contribution in [2.75, 3.05) is 39.3 Å². The van der Waals surface area contributed by atoms with Gasteiger partial charge in [-0.05, 0) is 37.6 Å². The summed E-state index contributed by atoms with van der Waals surface area (Å²) in [5, 5.41) is 18.8. The van der Waals surface area contributed by atoms with Crippen LogP contribution >= 0.6 is 0 Å². The maximum atomic E-state index is 14.3. The number of ether oxygens (including phenoxy) is 4. The van der Waals surface area contributed by atoms with E-state index in [2.05, 4.69) is 15.2 Å². The summed E-state index contributed by atoms with van der Waals surface area (Å²) in [5.74, 6) is 1.68. The van der Waals surface area contributed by atoms with Crippen molar-refractivity contribution in [1.29, 1.82) is 0 Å². The maximum Gasteiger partial charge on any atom is 0.246 e. The molecular formula is C29H35N5O7S. The van der Waals surface area contributed by atoms with Crippen LogP contribution in [0.2, 0.25) is 0 Å². The van der Waals surface area contributed by atoms with Crippen LogP contribution in [0, 0.1) is 0 Å². The number of benzene rings is 2. The quantitative estimate of drug-likeness (QED) is 0.240. The number of pyridine rings is 1. The molecule has 2 aromatic carbocycles. The molecule has 0 amide bonds. The molecule has 1 N–H and O–H groups in total.